The third-order valence-electron chi connectivity index (χ3n) is 3.96. The average molecular weight is 465 g/mol. The fourth-order valence-electron chi connectivity index (χ4n) is 2.79. The number of hydrogen-bond acceptors (Lipinski definition) is 5. The van der Waals surface area contributed by atoms with Crippen molar-refractivity contribution in [3.8, 4) is 0 Å². The van der Waals surface area contributed by atoms with E-state index in [0.29, 0.717) is 24.9 Å². The van der Waals surface area contributed by atoms with Crippen LogP contribution in [-0.4, -0.2) is 54.7 Å². The Morgan fingerprint density at radius 2 is 2.36 bits per heavy atom. The minimum atomic E-state index is -0.778. The van der Waals surface area contributed by atoms with Crippen molar-refractivity contribution in [1.29, 1.82) is 0 Å². The first-order valence-corrected chi connectivity index (χ1v) is 8.57. The minimum Gasteiger partial charge on any atom is -0.467 e. The van der Waals surface area contributed by atoms with Crippen molar-refractivity contribution in [3.05, 3.63) is 24.2 Å². The van der Waals surface area contributed by atoms with Crippen molar-refractivity contribution in [3.63, 3.8) is 0 Å². The maximum atomic E-state index is 12.0. The van der Waals surface area contributed by atoms with Crippen LogP contribution >= 0.6 is 24.0 Å². The fourth-order valence-corrected chi connectivity index (χ4v) is 2.79. The predicted molar refractivity (Wildman–Crippen MR) is 106 cm³/mol. The van der Waals surface area contributed by atoms with Crippen LogP contribution in [-0.2, 0) is 9.53 Å². The summed E-state index contributed by atoms with van der Waals surface area (Å²) in [7, 11) is 0. The number of aliphatic hydroxyl groups is 1. The number of likely N-dealkylation sites (tertiary alicyclic amines) is 1. The number of rotatable bonds is 6. The molecular weight excluding hydrogens is 437 g/mol. The molecule has 2 rings (SSSR count). The third kappa shape index (κ3) is 6.50. The van der Waals surface area contributed by atoms with Crippen molar-refractivity contribution in [2.45, 2.75) is 32.8 Å². The molecule has 1 aliphatic rings. The molecule has 2 N–H and O–H groups in total. The summed E-state index contributed by atoms with van der Waals surface area (Å²) >= 11 is 0. The molecule has 0 bridgehead atoms. The van der Waals surface area contributed by atoms with E-state index in [4.69, 9.17) is 9.15 Å². The number of esters is 1. The number of hydrogen-bond donors (Lipinski definition) is 2. The van der Waals surface area contributed by atoms with Crippen LogP contribution in [0.3, 0.4) is 0 Å². The Kier molecular flexibility index (Phi) is 9.88. The van der Waals surface area contributed by atoms with E-state index in [0.717, 1.165) is 25.9 Å². The van der Waals surface area contributed by atoms with Gasteiger partial charge in [-0.15, -0.1) is 24.0 Å². The van der Waals surface area contributed by atoms with E-state index >= 15 is 0 Å². The monoisotopic (exact) mass is 465 g/mol. The van der Waals surface area contributed by atoms with Gasteiger partial charge < -0.3 is 24.5 Å². The van der Waals surface area contributed by atoms with E-state index < -0.39 is 6.10 Å². The van der Waals surface area contributed by atoms with Gasteiger partial charge in [0.05, 0.1) is 25.3 Å². The van der Waals surface area contributed by atoms with Crippen LogP contribution in [0.5, 0.6) is 0 Å². The normalized spacial score (nSPS) is 19.1. The topological polar surface area (TPSA) is 87.3 Å². The molecule has 7 nitrogen and oxygen atoms in total. The van der Waals surface area contributed by atoms with Gasteiger partial charge in [0, 0.05) is 19.6 Å². The number of ether oxygens (including phenoxy) is 1. The van der Waals surface area contributed by atoms with Crippen molar-refractivity contribution >= 4 is 35.9 Å². The van der Waals surface area contributed by atoms with Crippen molar-refractivity contribution in [2.75, 3.05) is 32.8 Å². The summed E-state index contributed by atoms with van der Waals surface area (Å²) in [5.41, 5.74) is 0. The van der Waals surface area contributed by atoms with Crippen LogP contribution in [0.2, 0.25) is 0 Å². The molecule has 0 aliphatic carbocycles. The van der Waals surface area contributed by atoms with Gasteiger partial charge in [-0.1, -0.05) is 0 Å². The van der Waals surface area contributed by atoms with Crippen molar-refractivity contribution in [2.24, 2.45) is 10.9 Å². The Bertz CT molecular complexity index is 536. The van der Waals surface area contributed by atoms with Gasteiger partial charge in [0.25, 0.3) is 0 Å². The van der Waals surface area contributed by atoms with Crippen LogP contribution in [0.25, 0.3) is 0 Å². The molecule has 1 aliphatic heterocycles. The molecule has 0 radical (unpaired) electrons. The van der Waals surface area contributed by atoms with Gasteiger partial charge in [-0.05, 0) is 38.8 Å². The lowest BCUT2D eigenvalue weighted by Crippen LogP contribution is -2.48. The molecule has 1 saturated heterocycles. The Morgan fingerprint density at radius 1 is 1.56 bits per heavy atom. The maximum Gasteiger partial charge on any atom is 0.310 e. The molecule has 142 valence electrons. The molecule has 2 atom stereocenters. The summed E-state index contributed by atoms with van der Waals surface area (Å²) in [6.45, 7) is 6.55. The Balaban J connectivity index is 0.00000312. The second-order valence-corrected chi connectivity index (χ2v) is 5.76. The zero-order valence-electron chi connectivity index (χ0n) is 14.8. The van der Waals surface area contributed by atoms with E-state index in [1.54, 1.807) is 12.1 Å². The standard InChI is InChI=1S/C17H27N3O4.HI/c1-3-18-17(19-11-14(21)15-8-6-10-24-15)20-9-5-7-13(12-20)16(22)23-4-2;/h6,8,10,13-14,21H,3-5,7,9,11-12H2,1-2H3,(H,18,19);1H. The van der Waals surface area contributed by atoms with Gasteiger partial charge in [0.2, 0.25) is 0 Å². The Labute approximate surface area is 165 Å². The maximum absolute atomic E-state index is 12.0. The summed E-state index contributed by atoms with van der Waals surface area (Å²) < 4.78 is 10.3. The Morgan fingerprint density at radius 3 is 3.00 bits per heavy atom. The van der Waals surface area contributed by atoms with Crippen molar-refractivity contribution < 1.29 is 19.1 Å². The van der Waals surface area contributed by atoms with Crippen LogP contribution < -0.4 is 5.32 Å². The van der Waals surface area contributed by atoms with Crippen LogP contribution in [0.4, 0.5) is 0 Å². The number of furan rings is 1. The smallest absolute Gasteiger partial charge is 0.310 e. The molecule has 0 amide bonds. The highest BCUT2D eigenvalue weighted by Gasteiger charge is 2.28. The number of guanidine groups is 1. The lowest BCUT2D eigenvalue weighted by Gasteiger charge is -2.34. The number of nitrogens with one attached hydrogen (secondary N) is 1. The third-order valence-corrected chi connectivity index (χ3v) is 3.96. The molecule has 2 heterocycles. The SMILES string of the molecule is CCNC(=NCC(O)c1ccco1)N1CCCC(C(=O)OCC)C1.I. The summed E-state index contributed by atoms with van der Waals surface area (Å²) in [6.07, 6.45) is 2.50. The molecule has 0 aromatic carbocycles. The summed E-state index contributed by atoms with van der Waals surface area (Å²) in [4.78, 5) is 18.5. The molecule has 1 aromatic rings. The van der Waals surface area contributed by atoms with Gasteiger partial charge in [0.1, 0.15) is 11.9 Å². The molecule has 0 saturated carbocycles. The van der Waals surface area contributed by atoms with Crippen LogP contribution in [0.1, 0.15) is 38.6 Å². The highest BCUT2D eigenvalue weighted by molar-refractivity contribution is 14.0. The second kappa shape index (κ2) is 11.3. The van der Waals surface area contributed by atoms with Gasteiger partial charge in [-0.25, -0.2) is 4.99 Å². The molecule has 1 aromatic heterocycles. The van der Waals surface area contributed by atoms with E-state index in [2.05, 4.69) is 15.2 Å². The van der Waals surface area contributed by atoms with E-state index in [-0.39, 0.29) is 42.4 Å². The van der Waals surface area contributed by atoms with Crippen molar-refractivity contribution in [1.82, 2.24) is 10.2 Å². The van der Waals surface area contributed by atoms with Gasteiger partial charge in [0.15, 0.2) is 5.96 Å². The largest absolute Gasteiger partial charge is 0.467 e. The first-order valence-electron chi connectivity index (χ1n) is 8.57. The number of aliphatic hydroxyl groups excluding tert-OH is 1. The van der Waals surface area contributed by atoms with Crippen LogP contribution in [0, 0.1) is 5.92 Å². The number of nitrogens with zero attached hydrogens (tertiary/aromatic N) is 2. The fraction of sp³-hybridized carbons (Fsp3) is 0.647. The lowest BCUT2D eigenvalue weighted by atomic mass is 9.98. The first-order chi connectivity index (χ1) is 11.7. The average Bonchev–Trinajstić information content (AvgIpc) is 3.13. The number of carbonyl (C=O) groups is 1. The number of halogens is 1. The lowest BCUT2D eigenvalue weighted by molar-refractivity contribution is -0.149. The summed E-state index contributed by atoms with van der Waals surface area (Å²) in [5.74, 6) is 0.931. The predicted octanol–water partition coefficient (Wildman–Crippen LogP) is 2.17. The zero-order valence-corrected chi connectivity index (χ0v) is 17.1. The highest BCUT2D eigenvalue weighted by Crippen LogP contribution is 2.19. The van der Waals surface area contributed by atoms with E-state index in [1.807, 2.05) is 13.8 Å². The summed E-state index contributed by atoms with van der Waals surface area (Å²) in [5, 5.41) is 13.3. The van der Waals surface area contributed by atoms with Gasteiger partial charge in [-0.3, -0.25) is 4.79 Å². The minimum absolute atomic E-state index is 0. The quantitative estimate of drug-likeness (QED) is 0.290. The first kappa shape index (κ1) is 21.8. The molecule has 8 heteroatoms. The second-order valence-electron chi connectivity index (χ2n) is 5.76. The summed E-state index contributed by atoms with van der Waals surface area (Å²) in [6, 6.07) is 3.47. The Hall–Kier alpha value is -1.29. The number of aliphatic imine (C=N–C) groups is 1. The molecule has 25 heavy (non-hydrogen) atoms. The molecule has 1 fully saturated rings. The molecular formula is C17H28IN3O4. The van der Waals surface area contributed by atoms with E-state index in [9.17, 15) is 9.90 Å². The van der Waals surface area contributed by atoms with Gasteiger partial charge in [-0.2, -0.15) is 0 Å². The number of piperidine rings is 1. The molecule has 0 spiro atoms. The zero-order chi connectivity index (χ0) is 17.4. The number of carbonyl (C=O) groups excluding carboxylic acids is 1. The highest BCUT2D eigenvalue weighted by atomic mass is 127. The molecule has 2 unspecified atom stereocenters. The van der Waals surface area contributed by atoms with Crippen LogP contribution in [0.15, 0.2) is 27.8 Å². The van der Waals surface area contributed by atoms with Gasteiger partial charge >= 0.3 is 5.97 Å². The van der Waals surface area contributed by atoms with E-state index in [1.165, 1.54) is 6.26 Å².